The van der Waals surface area contributed by atoms with Crippen LogP contribution in [0.3, 0.4) is 0 Å². The second-order valence-corrected chi connectivity index (χ2v) is 20.5. The highest BCUT2D eigenvalue weighted by Crippen LogP contribution is 2.49. The highest BCUT2D eigenvalue weighted by atomic mass is 32.2. The minimum absolute atomic E-state index is 0.0681. The summed E-state index contributed by atoms with van der Waals surface area (Å²) in [6, 6.07) is 4.42. The van der Waals surface area contributed by atoms with Gasteiger partial charge in [0.05, 0.1) is 29.7 Å². The Balaban J connectivity index is 1.23. The number of aromatic nitrogens is 1. The number of halogens is 3. The molecule has 1 aromatic carbocycles. The number of ether oxygens (including phenoxy) is 3. The maximum atomic E-state index is 14.8. The number of pyridine rings is 1. The van der Waals surface area contributed by atoms with Crippen LogP contribution in [0.1, 0.15) is 98.8 Å². The zero-order valence-corrected chi connectivity index (χ0v) is 35.2. The maximum Gasteiger partial charge on any atom is 0.427 e. The van der Waals surface area contributed by atoms with Crippen LogP contribution in [0, 0.1) is 17.8 Å². The number of benzene rings is 1. The number of fused-ring (bicyclic) bond motifs is 3. The predicted octanol–water partition coefficient (Wildman–Crippen LogP) is 4.64. The van der Waals surface area contributed by atoms with Gasteiger partial charge in [-0.15, -0.1) is 0 Å². The number of alkyl carbamates (subject to hydrolysis) is 1. The largest absolute Gasteiger partial charge is 0.488 e. The number of aliphatic hydroxyl groups excluding tert-OH is 1. The Hall–Kier alpha value is -4.39. The first kappa shape index (κ1) is 43.7. The number of nitrogens with one attached hydrogen (secondary N) is 3. The van der Waals surface area contributed by atoms with Gasteiger partial charge in [-0.1, -0.05) is 44.9 Å². The Bertz CT molecular complexity index is 2130. The molecule has 2 aromatic rings. The van der Waals surface area contributed by atoms with Crippen molar-refractivity contribution in [3.05, 3.63) is 30.5 Å². The predicted molar refractivity (Wildman–Crippen MR) is 210 cm³/mol. The van der Waals surface area contributed by atoms with Gasteiger partial charge in [-0.3, -0.25) is 19.1 Å². The van der Waals surface area contributed by atoms with Gasteiger partial charge in [0, 0.05) is 23.1 Å². The summed E-state index contributed by atoms with van der Waals surface area (Å²) >= 11 is 0. The van der Waals surface area contributed by atoms with Gasteiger partial charge in [-0.25, -0.2) is 18.2 Å². The minimum Gasteiger partial charge on any atom is -0.488 e. The summed E-state index contributed by atoms with van der Waals surface area (Å²) in [6.45, 7) is 6.20. The number of hydrogen-bond acceptors (Lipinski definition) is 11. The maximum absolute atomic E-state index is 14.8. The zero-order chi connectivity index (χ0) is 43.6. The van der Waals surface area contributed by atoms with Gasteiger partial charge >= 0.3 is 12.3 Å². The standard InChI is InChI=1S/C41H54F3N5O10S/c1-22-9-8-12-30(50)28-19-40(28,36(53)48-60(55,56)39(5)15-16-39)47-33(51)29-18-25(58-34-27-11-7-6-10-26(27)31(20-45-34)57-24-13-14-24)21-49(29)35(52)32(23(2)17-22)46-37(54)59-38(3,4)41(42,43)44/h6-7,10-11,20,22-25,28-30,32,50H,8-9,12-19,21H2,1-5H3,(H,46,54)(H,47,51)(H,48,53). The van der Waals surface area contributed by atoms with Crippen molar-refractivity contribution in [2.45, 2.75) is 151 Å². The Morgan fingerprint density at radius 2 is 1.68 bits per heavy atom. The van der Waals surface area contributed by atoms with Crippen LogP contribution in [0.15, 0.2) is 30.5 Å². The lowest BCUT2D eigenvalue weighted by Gasteiger charge is -2.34. The van der Waals surface area contributed by atoms with Gasteiger partial charge in [-0.05, 0) is 83.6 Å². The second kappa shape index (κ2) is 15.8. The van der Waals surface area contributed by atoms with Gasteiger partial charge < -0.3 is 34.9 Å². The van der Waals surface area contributed by atoms with Crippen LogP contribution in [-0.2, 0) is 29.1 Å². The van der Waals surface area contributed by atoms with Crippen molar-refractivity contribution in [1.29, 1.82) is 0 Å². The molecule has 330 valence electrons. The molecule has 4 N–H and O–H groups in total. The Kier molecular flexibility index (Phi) is 11.5. The van der Waals surface area contributed by atoms with E-state index in [2.05, 4.69) is 20.3 Å². The third kappa shape index (κ3) is 8.83. The fourth-order valence-corrected chi connectivity index (χ4v) is 9.67. The van der Waals surface area contributed by atoms with E-state index in [0.717, 1.165) is 23.1 Å². The molecule has 2 saturated heterocycles. The van der Waals surface area contributed by atoms with Crippen LogP contribution in [0.5, 0.6) is 11.6 Å². The van der Waals surface area contributed by atoms with Crippen molar-refractivity contribution in [3.63, 3.8) is 0 Å². The Morgan fingerprint density at radius 3 is 2.33 bits per heavy atom. The molecular weight excluding hydrogens is 812 g/mol. The topological polar surface area (TPSA) is 203 Å². The third-order valence-corrected chi connectivity index (χ3v) is 15.0. The second-order valence-electron chi connectivity index (χ2n) is 18.3. The van der Waals surface area contributed by atoms with Crippen LogP contribution >= 0.6 is 0 Å². The fourth-order valence-electron chi connectivity index (χ4n) is 8.36. The molecule has 60 heavy (non-hydrogen) atoms. The number of alkyl halides is 3. The first-order valence-corrected chi connectivity index (χ1v) is 22.2. The van der Waals surface area contributed by atoms with Crippen LogP contribution in [0.4, 0.5) is 18.0 Å². The van der Waals surface area contributed by atoms with Gasteiger partial charge in [0.25, 0.3) is 5.91 Å². The summed E-state index contributed by atoms with van der Waals surface area (Å²) in [7, 11) is -4.15. The number of aliphatic hydroxyl groups is 1. The average molecular weight is 866 g/mol. The molecule has 7 rings (SSSR count). The molecule has 0 spiro atoms. The molecule has 5 fully saturated rings. The summed E-state index contributed by atoms with van der Waals surface area (Å²) in [6.07, 6.45) is -2.95. The van der Waals surface area contributed by atoms with Crippen molar-refractivity contribution < 1.29 is 60.1 Å². The van der Waals surface area contributed by atoms with E-state index in [1.807, 2.05) is 19.1 Å². The van der Waals surface area contributed by atoms with E-state index in [-0.39, 0.29) is 43.7 Å². The van der Waals surface area contributed by atoms with Crippen molar-refractivity contribution in [2.75, 3.05) is 6.54 Å². The normalized spacial score (nSPS) is 31.1. The minimum atomic E-state index is -4.93. The average Bonchev–Trinajstić information content (AvgIpc) is 4.11. The molecule has 3 aliphatic carbocycles. The number of sulfonamides is 1. The number of carbonyl (C=O) groups is 4. The number of carbonyl (C=O) groups excluding carboxylic acids is 4. The molecule has 5 aliphatic rings. The fraction of sp³-hybridized carbons (Fsp3) is 0.683. The molecule has 3 heterocycles. The lowest BCUT2D eigenvalue weighted by atomic mass is 9.87. The first-order chi connectivity index (χ1) is 28.0. The molecule has 2 aliphatic heterocycles. The molecule has 0 bridgehead atoms. The number of amides is 4. The summed E-state index contributed by atoms with van der Waals surface area (Å²) in [5, 5.41) is 17.8. The van der Waals surface area contributed by atoms with Crippen molar-refractivity contribution in [1.82, 2.24) is 25.2 Å². The molecule has 8 atom stereocenters. The Labute approximate surface area is 346 Å². The van der Waals surface area contributed by atoms with Crippen LogP contribution in [0.2, 0.25) is 0 Å². The summed E-state index contributed by atoms with van der Waals surface area (Å²) in [5.41, 5.74) is -4.73. The molecule has 19 heteroatoms. The SMILES string of the molecule is CC1CCCC(O)C2CC2(C(=O)NS(=O)(=O)C2(C)CC2)NC(=O)C2CC(Oc3ncc(OC4CC4)c4ccccc34)CN2C(=O)C(NC(=O)OC(C)(C)C(F)(F)F)C(C)C1. The molecular formula is C41H54F3N5O10S. The van der Waals surface area contributed by atoms with E-state index in [0.29, 0.717) is 57.1 Å². The smallest absolute Gasteiger partial charge is 0.427 e. The van der Waals surface area contributed by atoms with Gasteiger partial charge in [0.2, 0.25) is 33.3 Å². The summed E-state index contributed by atoms with van der Waals surface area (Å²) in [5.74, 6) is -3.54. The monoisotopic (exact) mass is 865 g/mol. The van der Waals surface area contributed by atoms with E-state index < -0.39 is 92.0 Å². The van der Waals surface area contributed by atoms with Crippen LogP contribution < -0.4 is 24.8 Å². The highest BCUT2D eigenvalue weighted by molar-refractivity contribution is 7.91. The lowest BCUT2D eigenvalue weighted by Crippen LogP contribution is -2.60. The van der Waals surface area contributed by atoms with Crippen molar-refractivity contribution in [2.24, 2.45) is 17.8 Å². The van der Waals surface area contributed by atoms with Gasteiger partial charge in [0.15, 0.2) is 0 Å². The first-order valence-electron chi connectivity index (χ1n) is 20.7. The molecule has 0 radical (unpaired) electrons. The van der Waals surface area contributed by atoms with E-state index in [4.69, 9.17) is 14.2 Å². The van der Waals surface area contributed by atoms with E-state index in [1.54, 1.807) is 19.1 Å². The number of rotatable bonds is 9. The van der Waals surface area contributed by atoms with Crippen molar-refractivity contribution in [3.8, 4) is 11.6 Å². The highest BCUT2D eigenvalue weighted by Gasteiger charge is 2.66. The third-order valence-electron chi connectivity index (χ3n) is 12.8. The quantitative estimate of drug-likeness (QED) is 0.274. The molecule has 3 saturated carbocycles. The molecule has 15 nitrogen and oxygen atoms in total. The van der Waals surface area contributed by atoms with Crippen LogP contribution in [0.25, 0.3) is 10.8 Å². The van der Waals surface area contributed by atoms with Gasteiger partial charge in [-0.2, -0.15) is 13.2 Å². The van der Waals surface area contributed by atoms with Crippen molar-refractivity contribution >= 4 is 44.6 Å². The number of hydrogen-bond donors (Lipinski definition) is 4. The summed E-state index contributed by atoms with van der Waals surface area (Å²) in [4.78, 5) is 62.3. The van der Waals surface area contributed by atoms with E-state index in [1.165, 1.54) is 13.1 Å². The summed E-state index contributed by atoms with van der Waals surface area (Å²) < 4.78 is 86.1. The Morgan fingerprint density at radius 1 is 1.00 bits per heavy atom. The van der Waals surface area contributed by atoms with E-state index >= 15 is 0 Å². The van der Waals surface area contributed by atoms with Crippen LogP contribution in [-0.4, -0.2) is 106 Å². The lowest BCUT2D eigenvalue weighted by molar-refractivity contribution is -0.244. The van der Waals surface area contributed by atoms with Gasteiger partial charge in [0.1, 0.15) is 29.5 Å². The van der Waals surface area contributed by atoms with E-state index in [9.17, 15) is 45.9 Å². The molecule has 1 aromatic heterocycles. The molecule has 4 amide bonds. The zero-order valence-electron chi connectivity index (χ0n) is 34.3. The number of nitrogens with zero attached hydrogens (tertiary/aromatic N) is 2. The molecule has 8 unspecified atom stereocenters.